The molecule has 0 aliphatic rings. The van der Waals surface area contributed by atoms with Gasteiger partial charge in [0.25, 0.3) is 5.56 Å². The summed E-state index contributed by atoms with van der Waals surface area (Å²) in [7, 11) is 1.69. The highest BCUT2D eigenvalue weighted by molar-refractivity contribution is 5.90. The van der Waals surface area contributed by atoms with Gasteiger partial charge in [0.05, 0.1) is 10.9 Å². The minimum atomic E-state index is -0.0944. The molecule has 0 aliphatic heterocycles. The maximum absolute atomic E-state index is 12.3. The minimum absolute atomic E-state index is 0.0882. The fourth-order valence-corrected chi connectivity index (χ4v) is 2.66. The van der Waals surface area contributed by atoms with Crippen molar-refractivity contribution in [1.29, 1.82) is 0 Å². The highest BCUT2D eigenvalue weighted by Gasteiger charge is 2.10. The first-order valence-corrected chi connectivity index (χ1v) is 7.86. The summed E-state index contributed by atoms with van der Waals surface area (Å²) in [5.74, 6) is 0.515. The topological polar surface area (TPSA) is 64.0 Å². The zero-order valence-corrected chi connectivity index (χ0v) is 13.7. The molecule has 0 aliphatic carbocycles. The van der Waals surface area contributed by atoms with Crippen LogP contribution in [0.3, 0.4) is 0 Å². The molecular weight excluding hydrogens is 302 g/mol. The molecule has 0 saturated carbocycles. The lowest BCUT2D eigenvalue weighted by Crippen LogP contribution is -2.23. The highest BCUT2D eigenvalue weighted by Crippen LogP contribution is 2.11. The molecule has 0 spiro atoms. The summed E-state index contributed by atoms with van der Waals surface area (Å²) in [5, 5.41) is 3.46. The molecule has 24 heavy (non-hydrogen) atoms. The van der Waals surface area contributed by atoms with E-state index in [1.807, 2.05) is 49.4 Å². The maximum Gasteiger partial charge on any atom is 0.261 e. The number of hydrogen-bond donors (Lipinski definition) is 1. The number of aromatic nitrogens is 2. The van der Waals surface area contributed by atoms with Crippen LogP contribution in [-0.4, -0.2) is 15.5 Å². The van der Waals surface area contributed by atoms with E-state index in [0.717, 1.165) is 11.3 Å². The van der Waals surface area contributed by atoms with Crippen molar-refractivity contribution >= 4 is 22.5 Å². The van der Waals surface area contributed by atoms with Gasteiger partial charge in [-0.05, 0) is 36.8 Å². The Labute approximate surface area is 140 Å². The third-order valence-electron chi connectivity index (χ3n) is 3.95. The lowest BCUT2D eigenvalue weighted by Gasteiger charge is -2.10. The van der Waals surface area contributed by atoms with Gasteiger partial charge in [0.1, 0.15) is 5.82 Å². The summed E-state index contributed by atoms with van der Waals surface area (Å²) in [5.41, 5.74) is 2.44. The van der Waals surface area contributed by atoms with E-state index in [-0.39, 0.29) is 17.9 Å². The molecule has 1 aromatic heterocycles. The second-order valence-corrected chi connectivity index (χ2v) is 5.83. The van der Waals surface area contributed by atoms with E-state index in [2.05, 4.69) is 10.3 Å². The molecule has 0 atom stereocenters. The molecular formula is C19H19N3O2. The number of para-hydroxylation sites is 1. The van der Waals surface area contributed by atoms with Crippen LogP contribution in [0, 0.1) is 6.92 Å². The predicted octanol–water partition coefficient (Wildman–Crippen LogP) is 2.81. The number of nitrogens with zero attached hydrogens (tertiary/aromatic N) is 2. The largest absolute Gasteiger partial charge is 0.326 e. The molecule has 1 heterocycles. The van der Waals surface area contributed by atoms with Gasteiger partial charge in [0, 0.05) is 25.6 Å². The maximum atomic E-state index is 12.3. The molecule has 1 amide bonds. The van der Waals surface area contributed by atoms with Crippen LogP contribution in [0.25, 0.3) is 10.9 Å². The number of rotatable bonds is 4. The van der Waals surface area contributed by atoms with E-state index in [1.54, 1.807) is 13.1 Å². The second kappa shape index (κ2) is 6.66. The van der Waals surface area contributed by atoms with E-state index < -0.39 is 0 Å². The molecule has 122 valence electrons. The Morgan fingerprint density at radius 3 is 2.75 bits per heavy atom. The monoisotopic (exact) mass is 321 g/mol. The summed E-state index contributed by atoms with van der Waals surface area (Å²) in [6.07, 6.45) is 0.681. The number of benzene rings is 2. The predicted molar refractivity (Wildman–Crippen MR) is 95.1 cm³/mol. The van der Waals surface area contributed by atoms with Crippen LogP contribution in [0.15, 0.2) is 53.3 Å². The van der Waals surface area contributed by atoms with Crippen LogP contribution in [0.2, 0.25) is 0 Å². The Bertz CT molecular complexity index is 960. The quantitative estimate of drug-likeness (QED) is 0.803. The smallest absolute Gasteiger partial charge is 0.261 e. The zero-order valence-electron chi connectivity index (χ0n) is 13.7. The molecule has 5 nitrogen and oxygen atoms in total. The van der Waals surface area contributed by atoms with Crippen molar-refractivity contribution in [2.24, 2.45) is 7.05 Å². The molecule has 0 radical (unpaired) electrons. The van der Waals surface area contributed by atoms with Crippen LogP contribution in [0.5, 0.6) is 0 Å². The normalized spacial score (nSPS) is 10.8. The number of aryl methyl sites for hydroxylation is 2. The summed E-state index contributed by atoms with van der Waals surface area (Å²) >= 11 is 0. The van der Waals surface area contributed by atoms with E-state index in [0.29, 0.717) is 23.1 Å². The Hall–Kier alpha value is -2.95. The van der Waals surface area contributed by atoms with E-state index in [9.17, 15) is 9.59 Å². The fraction of sp³-hybridized carbons (Fsp3) is 0.211. The number of carbonyl (C=O) groups excluding carboxylic acids is 1. The number of fused-ring (bicyclic) bond motifs is 1. The average molecular weight is 321 g/mol. The second-order valence-electron chi connectivity index (χ2n) is 5.83. The van der Waals surface area contributed by atoms with Gasteiger partial charge in [-0.25, -0.2) is 4.98 Å². The lowest BCUT2D eigenvalue weighted by molar-refractivity contribution is -0.116. The van der Waals surface area contributed by atoms with Gasteiger partial charge in [-0.2, -0.15) is 0 Å². The van der Waals surface area contributed by atoms with Crippen LogP contribution in [0.4, 0.5) is 5.69 Å². The van der Waals surface area contributed by atoms with Crippen molar-refractivity contribution in [2.45, 2.75) is 19.8 Å². The molecule has 0 fully saturated rings. The average Bonchev–Trinajstić information content (AvgIpc) is 2.57. The Balaban J connectivity index is 1.75. The number of amides is 1. The number of nitrogens with one attached hydrogen (secondary N) is 1. The zero-order chi connectivity index (χ0) is 17.1. The Morgan fingerprint density at radius 1 is 1.17 bits per heavy atom. The van der Waals surface area contributed by atoms with Gasteiger partial charge in [-0.15, -0.1) is 0 Å². The molecule has 0 unspecified atom stereocenters. The minimum Gasteiger partial charge on any atom is -0.326 e. The third kappa shape index (κ3) is 3.35. The van der Waals surface area contributed by atoms with Crippen molar-refractivity contribution in [1.82, 2.24) is 9.55 Å². The molecule has 5 heteroatoms. The van der Waals surface area contributed by atoms with Gasteiger partial charge in [-0.3, -0.25) is 14.2 Å². The first-order chi connectivity index (χ1) is 11.5. The molecule has 3 aromatic rings. The van der Waals surface area contributed by atoms with Crippen molar-refractivity contribution in [3.8, 4) is 0 Å². The SMILES string of the molecule is Cc1cccc(NC(=O)CCc2nc3ccccc3c(=O)n2C)c1. The molecule has 1 N–H and O–H groups in total. The van der Waals surface area contributed by atoms with Crippen molar-refractivity contribution in [2.75, 3.05) is 5.32 Å². The van der Waals surface area contributed by atoms with Gasteiger partial charge in [0.2, 0.25) is 5.91 Å². The van der Waals surface area contributed by atoms with E-state index >= 15 is 0 Å². The van der Waals surface area contributed by atoms with Crippen LogP contribution < -0.4 is 10.9 Å². The van der Waals surface area contributed by atoms with Crippen molar-refractivity contribution < 1.29 is 4.79 Å². The van der Waals surface area contributed by atoms with Crippen LogP contribution in [0.1, 0.15) is 17.8 Å². The first-order valence-electron chi connectivity index (χ1n) is 7.86. The summed E-state index contributed by atoms with van der Waals surface area (Å²) in [6.45, 7) is 1.98. The van der Waals surface area contributed by atoms with Crippen molar-refractivity contribution in [3.63, 3.8) is 0 Å². The Kier molecular flexibility index (Phi) is 4.42. The molecule has 0 bridgehead atoms. The van der Waals surface area contributed by atoms with Gasteiger partial charge < -0.3 is 5.32 Å². The van der Waals surface area contributed by atoms with E-state index in [1.165, 1.54) is 4.57 Å². The Morgan fingerprint density at radius 2 is 1.96 bits per heavy atom. The van der Waals surface area contributed by atoms with Gasteiger partial charge >= 0.3 is 0 Å². The van der Waals surface area contributed by atoms with Crippen LogP contribution in [-0.2, 0) is 18.3 Å². The fourth-order valence-electron chi connectivity index (χ4n) is 2.66. The van der Waals surface area contributed by atoms with Gasteiger partial charge in [-0.1, -0.05) is 24.3 Å². The third-order valence-corrected chi connectivity index (χ3v) is 3.95. The van der Waals surface area contributed by atoms with Gasteiger partial charge in [0.15, 0.2) is 0 Å². The molecule has 2 aromatic carbocycles. The highest BCUT2D eigenvalue weighted by atomic mass is 16.1. The number of anilines is 1. The number of carbonyl (C=O) groups is 1. The summed E-state index contributed by atoms with van der Waals surface area (Å²) in [6, 6.07) is 14.9. The molecule has 0 saturated heterocycles. The first kappa shape index (κ1) is 15.9. The number of hydrogen-bond acceptors (Lipinski definition) is 3. The van der Waals surface area contributed by atoms with Crippen molar-refractivity contribution in [3.05, 3.63) is 70.3 Å². The van der Waals surface area contributed by atoms with Crippen LogP contribution >= 0.6 is 0 Å². The summed E-state index contributed by atoms with van der Waals surface area (Å²) in [4.78, 5) is 29.0. The van der Waals surface area contributed by atoms with E-state index in [4.69, 9.17) is 0 Å². The summed E-state index contributed by atoms with van der Waals surface area (Å²) < 4.78 is 1.52. The standard InChI is InChI=1S/C19H19N3O2/c1-13-6-5-7-14(12-13)20-18(23)11-10-17-21-16-9-4-3-8-15(16)19(24)22(17)2/h3-9,12H,10-11H2,1-2H3,(H,20,23). The molecule has 3 rings (SSSR count). The lowest BCUT2D eigenvalue weighted by atomic mass is 10.2.